The molecule has 0 radical (unpaired) electrons. The Morgan fingerprint density at radius 2 is 1.95 bits per heavy atom. The van der Waals surface area contributed by atoms with Crippen molar-refractivity contribution in [2.45, 2.75) is 0 Å². The minimum atomic E-state index is -0.568. The molecule has 0 aliphatic rings. The number of hydrogen-bond donors (Lipinski definition) is 3. The molecule has 0 aliphatic heterocycles. The number of benzene rings is 1. The highest BCUT2D eigenvalue weighted by molar-refractivity contribution is 6.05. The molecule has 1 aromatic heterocycles. The number of carbonyl (C=O) groups is 1. The van der Waals surface area contributed by atoms with Crippen molar-refractivity contribution in [3.05, 3.63) is 46.2 Å². The summed E-state index contributed by atoms with van der Waals surface area (Å²) in [4.78, 5) is 25.5. The average molecular weight is 290 g/mol. The lowest BCUT2D eigenvalue weighted by Gasteiger charge is -2.11. The summed E-state index contributed by atoms with van der Waals surface area (Å²) in [7, 11) is 2.98. The van der Waals surface area contributed by atoms with Crippen LogP contribution in [0.5, 0.6) is 17.4 Å². The van der Waals surface area contributed by atoms with Crippen LogP contribution in [-0.4, -0.2) is 30.2 Å². The fourth-order valence-corrected chi connectivity index (χ4v) is 1.76. The lowest BCUT2D eigenvalue weighted by atomic mass is 10.2. The van der Waals surface area contributed by atoms with Crippen LogP contribution in [0.15, 0.2) is 35.1 Å². The Hall–Kier alpha value is -2.96. The van der Waals surface area contributed by atoms with Crippen molar-refractivity contribution >= 4 is 11.6 Å². The number of methoxy groups -OCH3 is 2. The van der Waals surface area contributed by atoms with Crippen molar-refractivity contribution in [1.29, 1.82) is 0 Å². The number of hydrogen-bond acceptors (Lipinski definition) is 5. The number of rotatable bonds is 4. The molecule has 0 saturated heterocycles. The minimum Gasteiger partial charge on any atom is -0.497 e. The maximum atomic E-state index is 12.1. The number of aromatic nitrogens is 1. The molecule has 0 saturated carbocycles. The molecule has 0 aliphatic carbocycles. The molecule has 2 aromatic rings. The van der Waals surface area contributed by atoms with Crippen molar-refractivity contribution in [2.24, 2.45) is 0 Å². The van der Waals surface area contributed by atoms with Crippen LogP contribution < -0.4 is 20.3 Å². The Morgan fingerprint density at radius 3 is 2.57 bits per heavy atom. The Labute approximate surface area is 120 Å². The van der Waals surface area contributed by atoms with E-state index in [0.29, 0.717) is 17.2 Å². The third-order valence-corrected chi connectivity index (χ3v) is 2.75. The molecular weight excluding hydrogens is 276 g/mol. The molecule has 0 unspecified atom stereocenters. The van der Waals surface area contributed by atoms with Gasteiger partial charge in [0.05, 0.1) is 25.5 Å². The van der Waals surface area contributed by atoms with E-state index in [9.17, 15) is 14.7 Å². The molecule has 21 heavy (non-hydrogen) atoms. The van der Waals surface area contributed by atoms with Gasteiger partial charge >= 0.3 is 0 Å². The maximum absolute atomic E-state index is 12.1. The topological polar surface area (TPSA) is 101 Å². The summed E-state index contributed by atoms with van der Waals surface area (Å²) in [6.07, 6.45) is 0. The van der Waals surface area contributed by atoms with Crippen molar-refractivity contribution in [1.82, 2.24) is 4.98 Å². The lowest BCUT2D eigenvalue weighted by molar-refractivity contribution is 0.102. The largest absolute Gasteiger partial charge is 0.497 e. The molecular formula is C14H14N2O5. The second kappa shape index (κ2) is 6.00. The molecule has 0 fully saturated rings. The zero-order chi connectivity index (χ0) is 15.4. The number of ether oxygens (including phenoxy) is 2. The van der Waals surface area contributed by atoms with Crippen LogP contribution in [0.3, 0.4) is 0 Å². The van der Waals surface area contributed by atoms with E-state index in [0.717, 1.165) is 12.1 Å². The number of amides is 1. The fourth-order valence-electron chi connectivity index (χ4n) is 1.76. The SMILES string of the molecule is COc1ccc(NC(=O)c2cc(O)[nH]c(=O)c2)c(OC)c1. The Morgan fingerprint density at radius 1 is 1.19 bits per heavy atom. The zero-order valence-electron chi connectivity index (χ0n) is 11.5. The van der Waals surface area contributed by atoms with Gasteiger partial charge in [-0.1, -0.05) is 0 Å². The predicted molar refractivity (Wildman–Crippen MR) is 76.2 cm³/mol. The quantitative estimate of drug-likeness (QED) is 0.789. The molecule has 1 amide bonds. The van der Waals surface area contributed by atoms with Gasteiger partial charge in [-0.25, -0.2) is 0 Å². The van der Waals surface area contributed by atoms with Gasteiger partial charge in [0.25, 0.3) is 11.5 Å². The molecule has 1 aromatic carbocycles. The van der Waals surface area contributed by atoms with Crippen LogP contribution in [0.1, 0.15) is 10.4 Å². The van der Waals surface area contributed by atoms with E-state index in [4.69, 9.17) is 9.47 Å². The van der Waals surface area contributed by atoms with Gasteiger partial charge in [-0.2, -0.15) is 0 Å². The van der Waals surface area contributed by atoms with Gasteiger partial charge in [0.2, 0.25) is 0 Å². The third kappa shape index (κ3) is 3.33. The third-order valence-electron chi connectivity index (χ3n) is 2.75. The summed E-state index contributed by atoms with van der Waals surface area (Å²) in [5.41, 5.74) is -0.112. The van der Waals surface area contributed by atoms with Crippen molar-refractivity contribution < 1.29 is 19.4 Å². The van der Waals surface area contributed by atoms with Gasteiger partial charge in [0.1, 0.15) is 11.5 Å². The van der Waals surface area contributed by atoms with Gasteiger partial charge in [0, 0.05) is 18.2 Å². The highest BCUT2D eigenvalue weighted by atomic mass is 16.5. The monoisotopic (exact) mass is 290 g/mol. The number of nitrogens with one attached hydrogen (secondary N) is 2. The van der Waals surface area contributed by atoms with Crippen molar-refractivity contribution in [3.8, 4) is 17.4 Å². The summed E-state index contributed by atoms with van der Waals surface area (Å²) < 4.78 is 10.2. The van der Waals surface area contributed by atoms with E-state index in [1.54, 1.807) is 18.2 Å². The smallest absolute Gasteiger partial charge is 0.256 e. The molecule has 0 spiro atoms. The first-order valence-electron chi connectivity index (χ1n) is 6.00. The predicted octanol–water partition coefficient (Wildman–Crippen LogP) is 1.35. The van der Waals surface area contributed by atoms with E-state index in [-0.39, 0.29) is 11.4 Å². The molecule has 2 rings (SSSR count). The number of H-pyrrole nitrogens is 1. The Bertz CT molecular complexity index is 724. The zero-order valence-corrected chi connectivity index (χ0v) is 11.5. The van der Waals surface area contributed by atoms with Crippen molar-refractivity contribution in [2.75, 3.05) is 19.5 Å². The normalized spacial score (nSPS) is 10.0. The first-order chi connectivity index (χ1) is 10.0. The number of carbonyl (C=O) groups excluding carboxylic acids is 1. The highest BCUT2D eigenvalue weighted by Gasteiger charge is 2.12. The average Bonchev–Trinajstić information content (AvgIpc) is 2.46. The second-order valence-corrected chi connectivity index (χ2v) is 4.14. The van der Waals surface area contributed by atoms with Crippen LogP contribution in [0.4, 0.5) is 5.69 Å². The van der Waals surface area contributed by atoms with Crippen LogP contribution in [0, 0.1) is 0 Å². The fraction of sp³-hybridized carbons (Fsp3) is 0.143. The maximum Gasteiger partial charge on any atom is 0.256 e. The van der Waals surface area contributed by atoms with E-state index < -0.39 is 11.5 Å². The first-order valence-corrected chi connectivity index (χ1v) is 6.00. The summed E-state index contributed by atoms with van der Waals surface area (Å²) >= 11 is 0. The Balaban J connectivity index is 2.29. The molecule has 3 N–H and O–H groups in total. The number of aromatic hydroxyl groups is 1. The van der Waals surface area contributed by atoms with Gasteiger partial charge in [0.15, 0.2) is 5.88 Å². The second-order valence-electron chi connectivity index (χ2n) is 4.14. The molecule has 7 heteroatoms. The van der Waals surface area contributed by atoms with Crippen LogP contribution in [0.25, 0.3) is 0 Å². The number of pyridine rings is 1. The molecule has 0 atom stereocenters. The molecule has 0 bridgehead atoms. The Kier molecular flexibility index (Phi) is 4.13. The summed E-state index contributed by atoms with van der Waals surface area (Å²) in [6.45, 7) is 0. The summed E-state index contributed by atoms with van der Waals surface area (Å²) in [6, 6.07) is 7.14. The molecule has 110 valence electrons. The summed E-state index contributed by atoms with van der Waals surface area (Å²) in [5, 5.41) is 11.9. The van der Waals surface area contributed by atoms with E-state index >= 15 is 0 Å². The van der Waals surface area contributed by atoms with Gasteiger partial charge in [-0.15, -0.1) is 0 Å². The number of anilines is 1. The lowest BCUT2D eigenvalue weighted by Crippen LogP contribution is -2.16. The van der Waals surface area contributed by atoms with Crippen molar-refractivity contribution in [3.63, 3.8) is 0 Å². The van der Waals surface area contributed by atoms with Gasteiger partial charge in [-0.05, 0) is 12.1 Å². The van der Waals surface area contributed by atoms with E-state index in [1.807, 2.05) is 0 Å². The summed E-state index contributed by atoms with van der Waals surface area (Å²) in [5.74, 6) is 0.0737. The van der Waals surface area contributed by atoms with E-state index in [1.165, 1.54) is 14.2 Å². The molecule has 7 nitrogen and oxygen atoms in total. The van der Waals surface area contributed by atoms with Gasteiger partial charge < -0.3 is 19.9 Å². The molecule has 1 heterocycles. The highest BCUT2D eigenvalue weighted by Crippen LogP contribution is 2.29. The van der Waals surface area contributed by atoms with Crippen LogP contribution in [0.2, 0.25) is 0 Å². The standard InChI is InChI=1S/C14H14N2O5/c1-20-9-3-4-10(11(7-9)21-2)15-14(19)8-5-12(17)16-13(18)6-8/h3-7H,1-2H3,(H,15,19)(H2,16,17,18). The minimum absolute atomic E-state index is 0.0362. The van der Waals surface area contributed by atoms with Crippen LogP contribution in [-0.2, 0) is 0 Å². The van der Waals surface area contributed by atoms with Gasteiger partial charge in [-0.3, -0.25) is 14.6 Å². The first kappa shape index (κ1) is 14.4. The van der Waals surface area contributed by atoms with Crippen LogP contribution >= 0.6 is 0 Å². The van der Waals surface area contributed by atoms with E-state index in [2.05, 4.69) is 10.3 Å². The number of aromatic amines is 1.